The number of nitrogens with zero attached hydrogens (tertiary/aromatic N) is 3. The first-order chi connectivity index (χ1) is 12.6. The van der Waals surface area contributed by atoms with Gasteiger partial charge in [-0.2, -0.15) is 0 Å². The Balaban J connectivity index is 1.75. The van der Waals surface area contributed by atoms with E-state index in [0.29, 0.717) is 10.8 Å². The number of halogens is 1. The molecular weight excluding hydrogens is 350 g/mol. The van der Waals surface area contributed by atoms with Crippen LogP contribution < -0.4 is 9.64 Å². The van der Waals surface area contributed by atoms with Crippen molar-refractivity contribution in [2.45, 2.75) is 20.0 Å². The van der Waals surface area contributed by atoms with Crippen LogP contribution in [0.3, 0.4) is 0 Å². The molecule has 26 heavy (non-hydrogen) atoms. The highest BCUT2D eigenvalue weighted by atomic mass is 35.5. The summed E-state index contributed by atoms with van der Waals surface area (Å²) in [5.74, 6) is 1.28. The van der Waals surface area contributed by atoms with Crippen LogP contribution in [0.1, 0.15) is 18.9 Å². The molecule has 1 aliphatic heterocycles. The summed E-state index contributed by atoms with van der Waals surface area (Å²) in [5.41, 5.74) is 4.43. The number of hydrogen-bond donors (Lipinski definition) is 1. The minimum absolute atomic E-state index is 0.104. The minimum Gasteiger partial charge on any atom is -0.495 e. The van der Waals surface area contributed by atoms with E-state index in [9.17, 15) is 5.11 Å². The molecule has 0 saturated carbocycles. The Morgan fingerprint density at radius 3 is 2.88 bits per heavy atom. The molecule has 0 spiro atoms. The van der Waals surface area contributed by atoms with Crippen LogP contribution in [0.5, 0.6) is 5.75 Å². The van der Waals surface area contributed by atoms with Crippen LogP contribution in [-0.4, -0.2) is 34.7 Å². The number of benzene rings is 1. The van der Waals surface area contributed by atoms with E-state index < -0.39 is 0 Å². The second-order valence-corrected chi connectivity index (χ2v) is 7.33. The first-order valence-electron chi connectivity index (χ1n) is 8.80. The lowest BCUT2D eigenvalue weighted by Gasteiger charge is -2.17. The maximum Gasteiger partial charge on any atom is 0.139 e. The quantitative estimate of drug-likeness (QED) is 0.753. The van der Waals surface area contributed by atoms with Crippen LogP contribution in [0.2, 0.25) is 5.02 Å². The Morgan fingerprint density at radius 2 is 2.19 bits per heavy atom. The fourth-order valence-corrected chi connectivity index (χ4v) is 3.83. The fourth-order valence-electron chi connectivity index (χ4n) is 3.59. The molecule has 1 aromatic carbocycles. The molecular formula is C20H22ClN3O2. The van der Waals surface area contributed by atoms with Crippen LogP contribution in [0.15, 0.2) is 36.7 Å². The highest BCUT2D eigenvalue weighted by Crippen LogP contribution is 2.34. The highest BCUT2D eigenvalue weighted by Gasteiger charge is 2.20. The lowest BCUT2D eigenvalue weighted by molar-refractivity contribution is 0.281. The molecule has 0 amide bonds. The van der Waals surface area contributed by atoms with Crippen LogP contribution in [0.25, 0.3) is 16.9 Å². The van der Waals surface area contributed by atoms with Crippen molar-refractivity contribution in [1.29, 1.82) is 0 Å². The molecule has 1 saturated heterocycles. The van der Waals surface area contributed by atoms with Crippen molar-refractivity contribution in [2.24, 2.45) is 5.92 Å². The van der Waals surface area contributed by atoms with Crippen molar-refractivity contribution >= 4 is 22.9 Å². The van der Waals surface area contributed by atoms with Crippen molar-refractivity contribution < 1.29 is 9.84 Å². The number of aliphatic hydroxyl groups is 1. The van der Waals surface area contributed by atoms with Gasteiger partial charge in [0.25, 0.3) is 0 Å². The molecule has 5 nitrogen and oxygen atoms in total. The van der Waals surface area contributed by atoms with Gasteiger partial charge in [0, 0.05) is 42.8 Å². The van der Waals surface area contributed by atoms with Gasteiger partial charge >= 0.3 is 0 Å². The molecule has 6 heteroatoms. The number of ether oxygens (including phenoxy) is 1. The molecule has 1 unspecified atom stereocenters. The normalized spacial score (nSPS) is 17.2. The van der Waals surface area contributed by atoms with Crippen LogP contribution in [0.4, 0.5) is 5.69 Å². The Hall–Kier alpha value is -2.24. The number of methoxy groups -OCH3 is 1. The van der Waals surface area contributed by atoms with E-state index in [1.54, 1.807) is 19.2 Å². The van der Waals surface area contributed by atoms with Crippen molar-refractivity contribution in [1.82, 2.24) is 9.38 Å². The Morgan fingerprint density at radius 1 is 1.35 bits per heavy atom. The van der Waals surface area contributed by atoms with E-state index in [-0.39, 0.29) is 6.61 Å². The monoisotopic (exact) mass is 371 g/mol. The van der Waals surface area contributed by atoms with E-state index in [1.807, 2.05) is 16.8 Å². The third-order valence-electron chi connectivity index (χ3n) is 5.06. The molecule has 1 N–H and O–H groups in total. The third-order valence-corrected chi connectivity index (χ3v) is 5.35. The molecule has 0 radical (unpaired) electrons. The average Bonchev–Trinajstić information content (AvgIpc) is 3.26. The van der Waals surface area contributed by atoms with E-state index in [0.717, 1.165) is 41.5 Å². The maximum atomic E-state index is 9.74. The predicted octanol–water partition coefficient (Wildman–Crippen LogP) is 4.00. The molecule has 136 valence electrons. The van der Waals surface area contributed by atoms with Gasteiger partial charge in [-0.15, -0.1) is 0 Å². The standard InChI is InChI=1S/C20H22ClN3O2/c1-13-3-5-23(10-13)15-4-6-24-11-18(22-20(24)8-15)16-9-17(21)19(26-2)7-14(16)12-25/h4,6-9,11,13,25H,3,5,10,12H2,1-2H3. The molecule has 4 rings (SSSR count). The lowest BCUT2D eigenvalue weighted by atomic mass is 10.1. The predicted molar refractivity (Wildman–Crippen MR) is 104 cm³/mol. The summed E-state index contributed by atoms with van der Waals surface area (Å²) < 4.78 is 7.24. The van der Waals surface area contributed by atoms with Crippen LogP contribution in [-0.2, 0) is 6.61 Å². The van der Waals surface area contributed by atoms with Crippen molar-refractivity contribution in [2.75, 3.05) is 25.1 Å². The number of imidazole rings is 1. The summed E-state index contributed by atoms with van der Waals surface area (Å²) >= 11 is 6.28. The minimum atomic E-state index is -0.104. The largest absolute Gasteiger partial charge is 0.495 e. The number of fused-ring (bicyclic) bond motifs is 1. The zero-order chi connectivity index (χ0) is 18.3. The van der Waals surface area contributed by atoms with E-state index in [1.165, 1.54) is 12.1 Å². The number of aromatic nitrogens is 2. The van der Waals surface area contributed by atoms with Crippen molar-refractivity contribution in [3.05, 3.63) is 47.2 Å². The van der Waals surface area contributed by atoms with Gasteiger partial charge < -0.3 is 19.1 Å². The molecule has 2 aromatic heterocycles. The van der Waals surface area contributed by atoms with Gasteiger partial charge in [0.15, 0.2) is 0 Å². The molecule has 3 aromatic rings. The first-order valence-corrected chi connectivity index (χ1v) is 9.18. The second kappa shape index (κ2) is 6.82. The molecule has 0 bridgehead atoms. The Kier molecular flexibility index (Phi) is 4.51. The van der Waals surface area contributed by atoms with Gasteiger partial charge in [0.2, 0.25) is 0 Å². The van der Waals surface area contributed by atoms with Gasteiger partial charge in [-0.05, 0) is 36.1 Å². The van der Waals surface area contributed by atoms with Gasteiger partial charge in [-0.1, -0.05) is 18.5 Å². The summed E-state index contributed by atoms with van der Waals surface area (Å²) in [6.07, 6.45) is 5.23. The smallest absolute Gasteiger partial charge is 0.139 e. The average molecular weight is 372 g/mol. The molecule has 1 atom stereocenters. The van der Waals surface area contributed by atoms with Gasteiger partial charge in [0.1, 0.15) is 11.4 Å². The highest BCUT2D eigenvalue weighted by molar-refractivity contribution is 6.32. The number of rotatable bonds is 4. The summed E-state index contributed by atoms with van der Waals surface area (Å²) in [5, 5.41) is 10.2. The third kappa shape index (κ3) is 3.02. The number of pyridine rings is 1. The number of aliphatic hydroxyl groups excluding tert-OH is 1. The summed E-state index contributed by atoms with van der Waals surface area (Å²) in [6, 6.07) is 7.81. The Bertz CT molecular complexity index is 954. The topological polar surface area (TPSA) is 50.0 Å². The molecule has 3 heterocycles. The fraction of sp³-hybridized carbons (Fsp3) is 0.350. The maximum absolute atomic E-state index is 9.74. The summed E-state index contributed by atoms with van der Waals surface area (Å²) in [4.78, 5) is 7.17. The van der Waals surface area contributed by atoms with Crippen molar-refractivity contribution in [3.63, 3.8) is 0 Å². The van der Waals surface area contributed by atoms with E-state index in [4.69, 9.17) is 21.3 Å². The molecule has 1 fully saturated rings. The van der Waals surface area contributed by atoms with Gasteiger partial charge in [-0.25, -0.2) is 4.98 Å². The zero-order valence-corrected chi connectivity index (χ0v) is 15.7. The number of anilines is 1. The van der Waals surface area contributed by atoms with Gasteiger partial charge in [0.05, 0.1) is 24.4 Å². The van der Waals surface area contributed by atoms with Gasteiger partial charge in [-0.3, -0.25) is 0 Å². The SMILES string of the molecule is COc1cc(CO)c(-c2cn3ccc(N4CCC(C)C4)cc3n2)cc1Cl. The van der Waals surface area contributed by atoms with E-state index in [2.05, 4.69) is 24.0 Å². The number of hydrogen-bond acceptors (Lipinski definition) is 4. The Labute approximate surface area is 157 Å². The molecule has 0 aliphatic carbocycles. The summed E-state index contributed by atoms with van der Waals surface area (Å²) in [7, 11) is 1.56. The summed E-state index contributed by atoms with van der Waals surface area (Å²) in [6.45, 7) is 4.36. The second-order valence-electron chi connectivity index (χ2n) is 6.92. The van der Waals surface area contributed by atoms with Crippen LogP contribution >= 0.6 is 11.6 Å². The van der Waals surface area contributed by atoms with Crippen LogP contribution in [0, 0.1) is 5.92 Å². The lowest BCUT2D eigenvalue weighted by Crippen LogP contribution is -2.18. The first kappa shape index (κ1) is 17.2. The molecule has 1 aliphatic rings. The zero-order valence-electron chi connectivity index (χ0n) is 14.9. The van der Waals surface area contributed by atoms with E-state index >= 15 is 0 Å². The van der Waals surface area contributed by atoms with Crippen molar-refractivity contribution in [3.8, 4) is 17.0 Å².